The van der Waals surface area contributed by atoms with E-state index in [9.17, 15) is 13.9 Å². The minimum absolute atomic E-state index is 0.137. The predicted octanol–water partition coefficient (Wildman–Crippen LogP) is 2.42. The van der Waals surface area contributed by atoms with Gasteiger partial charge in [-0.2, -0.15) is 0 Å². The Morgan fingerprint density at radius 1 is 1.47 bits per heavy atom. The first-order valence-electron chi connectivity index (χ1n) is 4.59. The Balaban J connectivity index is 2.62. The lowest BCUT2D eigenvalue weighted by atomic mass is 9.94. The van der Waals surface area contributed by atoms with Crippen LogP contribution in [0, 0.1) is 11.6 Å². The Morgan fingerprint density at radius 2 is 2.07 bits per heavy atom. The zero-order valence-electron chi connectivity index (χ0n) is 7.86. The maximum atomic E-state index is 13.7. The molecule has 0 atom stereocenters. The summed E-state index contributed by atoms with van der Waals surface area (Å²) in [6, 6.07) is 0.915. The highest BCUT2D eigenvalue weighted by Gasteiger charge is 2.47. The van der Waals surface area contributed by atoms with Crippen LogP contribution in [0.5, 0.6) is 5.75 Å². The van der Waals surface area contributed by atoms with Crippen LogP contribution in [0.1, 0.15) is 18.4 Å². The standard InChI is InChI=1S/C10H10BrF2NO/c11-8-5(12)3-6(15)7(9(8)13)10(4-14)1-2-10/h3,15H,1-2,4,14H2. The van der Waals surface area contributed by atoms with Crippen LogP contribution < -0.4 is 5.73 Å². The van der Waals surface area contributed by atoms with Crippen LogP contribution in [0.25, 0.3) is 0 Å². The first-order valence-corrected chi connectivity index (χ1v) is 5.38. The maximum absolute atomic E-state index is 13.7. The van der Waals surface area contributed by atoms with E-state index in [0.717, 1.165) is 18.9 Å². The summed E-state index contributed by atoms with van der Waals surface area (Å²) in [5.74, 6) is -1.90. The van der Waals surface area contributed by atoms with Gasteiger partial charge in [0.1, 0.15) is 17.4 Å². The molecule has 0 aromatic heterocycles. The number of phenolic OH excluding ortho intramolecular Hbond substituents is 1. The molecule has 0 radical (unpaired) electrons. The first-order chi connectivity index (χ1) is 7.02. The van der Waals surface area contributed by atoms with Crippen molar-refractivity contribution in [3.63, 3.8) is 0 Å². The Morgan fingerprint density at radius 3 is 2.53 bits per heavy atom. The lowest BCUT2D eigenvalue weighted by Crippen LogP contribution is -2.21. The number of phenols is 1. The SMILES string of the molecule is NCC1(c2c(O)cc(F)c(Br)c2F)CC1. The molecule has 1 aromatic carbocycles. The molecule has 1 aromatic rings. The molecule has 0 aliphatic heterocycles. The fourth-order valence-electron chi connectivity index (χ4n) is 1.79. The number of aromatic hydroxyl groups is 1. The molecule has 1 aliphatic rings. The van der Waals surface area contributed by atoms with Crippen LogP contribution >= 0.6 is 15.9 Å². The molecule has 0 saturated heterocycles. The topological polar surface area (TPSA) is 46.2 Å². The summed E-state index contributed by atoms with van der Waals surface area (Å²) < 4.78 is 26.6. The monoisotopic (exact) mass is 277 g/mol. The average Bonchev–Trinajstić information content (AvgIpc) is 2.96. The van der Waals surface area contributed by atoms with Gasteiger partial charge >= 0.3 is 0 Å². The van der Waals surface area contributed by atoms with E-state index >= 15 is 0 Å². The fraction of sp³-hybridized carbons (Fsp3) is 0.400. The highest BCUT2D eigenvalue weighted by Crippen LogP contribution is 2.52. The fourth-order valence-corrected chi connectivity index (χ4v) is 2.11. The van der Waals surface area contributed by atoms with Crippen molar-refractivity contribution in [2.24, 2.45) is 5.73 Å². The number of rotatable bonds is 2. The number of hydrogen-bond acceptors (Lipinski definition) is 2. The van der Waals surface area contributed by atoms with E-state index < -0.39 is 17.0 Å². The van der Waals surface area contributed by atoms with Crippen LogP contribution in [-0.2, 0) is 5.41 Å². The van der Waals surface area contributed by atoms with Crippen molar-refractivity contribution in [3.05, 3.63) is 27.7 Å². The molecule has 3 N–H and O–H groups in total. The Bertz CT molecular complexity index is 418. The highest BCUT2D eigenvalue weighted by molar-refractivity contribution is 9.10. The maximum Gasteiger partial charge on any atom is 0.147 e. The molecule has 0 bridgehead atoms. The van der Waals surface area contributed by atoms with Crippen LogP contribution in [-0.4, -0.2) is 11.7 Å². The third kappa shape index (κ3) is 1.54. The molecule has 15 heavy (non-hydrogen) atoms. The molecule has 0 spiro atoms. The zero-order chi connectivity index (χ0) is 11.2. The minimum atomic E-state index is -0.804. The van der Waals surface area contributed by atoms with Gasteiger partial charge in [-0.25, -0.2) is 8.78 Å². The second kappa shape index (κ2) is 3.42. The predicted molar refractivity (Wildman–Crippen MR) is 55.7 cm³/mol. The summed E-state index contributed by atoms with van der Waals surface area (Å²) >= 11 is 2.81. The molecule has 0 amide bonds. The summed E-state index contributed by atoms with van der Waals surface area (Å²) in [6.45, 7) is 0.259. The largest absolute Gasteiger partial charge is 0.507 e. The lowest BCUT2D eigenvalue weighted by Gasteiger charge is -2.16. The van der Waals surface area contributed by atoms with E-state index in [2.05, 4.69) is 15.9 Å². The number of benzene rings is 1. The summed E-state index contributed by atoms with van der Waals surface area (Å²) in [7, 11) is 0. The van der Waals surface area contributed by atoms with Gasteiger partial charge in [0.25, 0.3) is 0 Å². The molecule has 1 saturated carbocycles. The van der Waals surface area contributed by atoms with Crippen molar-refractivity contribution in [2.75, 3.05) is 6.54 Å². The number of halogens is 3. The molecule has 82 valence electrons. The van der Waals surface area contributed by atoms with E-state index in [-0.39, 0.29) is 22.3 Å². The van der Waals surface area contributed by atoms with Crippen molar-refractivity contribution in [2.45, 2.75) is 18.3 Å². The minimum Gasteiger partial charge on any atom is -0.507 e. The molecular formula is C10H10BrF2NO. The summed E-state index contributed by atoms with van der Waals surface area (Å²) in [4.78, 5) is 0. The molecule has 0 unspecified atom stereocenters. The first kappa shape index (κ1) is 10.8. The molecule has 2 nitrogen and oxygen atoms in total. The van der Waals surface area contributed by atoms with Gasteiger partial charge < -0.3 is 10.8 Å². The van der Waals surface area contributed by atoms with Crippen LogP contribution in [0.2, 0.25) is 0 Å². The van der Waals surface area contributed by atoms with Gasteiger partial charge in [0, 0.05) is 23.6 Å². The van der Waals surface area contributed by atoms with Crippen molar-refractivity contribution >= 4 is 15.9 Å². The smallest absolute Gasteiger partial charge is 0.147 e. The summed E-state index contributed by atoms with van der Waals surface area (Å²) in [6.07, 6.45) is 1.46. The van der Waals surface area contributed by atoms with Gasteiger partial charge in [0.15, 0.2) is 0 Å². The number of hydrogen-bond donors (Lipinski definition) is 2. The van der Waals surface area contributed by atoms with Crippen LogP contribution in [0.4, 0.5) is 8.78 Å². The van der Waals surface area contributed by atoms with Gasteiger partial charge in [-0.05, 0) is 28.8 Å². The molecule has 5 heteroatoms. The van der Waals surface area contributed by atoms with Crippen LogP contribution in [0.3, 0.4) is 0 Å². The van der Waals surface area contributed by atoms with E-state index in [1.54, 1.807) is 0 Å². The quantitative estimate of drug-likeness (QED) is 0.816. The van der Waals surface area contributed by atoms with Gasteiger partial charge in [0.05, 0.1) is 4.47 Å². The molecule has 1 aliphatic carbocycles. The Labute approximate surface area is 94.2 Å². The second-order valence-corrected chi connectivity index (χ2v) is 4.66. The van der Waals surface area contributed by atoms with E-state index in [1.807, 2.05) is 0 Å². The van der Waals surface area contributed by atoms with E-state index in [4.69, 9.17) is 5.73 Å². The third-order valence-corrected chi connectivity index (χ3v) is 3.64. The second-order valence-electron chi connectivity index (χ2n) is 3.86. The average molecular weight is 278 g/mol. The van der Waals surface area contributed by atoms with E-state index in [1.165, 1.54) is 0 Å². The highest BCUT2D eigenvalue weighted by atomic mass is 79.9. The molecule has 2 rings (SSSR count). The lowest BCUT2D eigenvalue weighted by molar-refractivity contribution is 0.434. The summed E-state index contributed by atoms with van der Waals surface area (Å²) in [5, 5.41) is 9.55. The molecular weight excluding hydrogens is 268 g/mol. The van der Waals surface area contributed by atoms with Crippen LogP contribution in [0.15, 0.2) is 10.5 Å². The zero-order valence-corrected chi connectivity index (χ0v) is 9.44. The molecule has 1 fully saturated rings. The Kier molecular flexibility index (Phi) is 2.47. The normalized spacial score (nSPS) is 17.9. The van der Waals surface area contributed by atoms with Gasteiger partial charge in [0.2, 0.25) is 0 Å². The van der Waals surface area contributed by atoms with E-state index in [0.29, 0.717) is 0 Å². The van der Waals surface area contributed by atoms with Crippen molar-refractivity contribution in [1.82, 2.24) is 0 Å². The summed E-state index contributed by atoms with van der Waals surface area (Å²) in [5.41, 5.74) is 5.18. The molecule has 0 heterocycles. The third-order valence-electron chi connectivity index (χ3n) is 2.92. The van der Waals surface area contributed by atoms with Gasteiger partial charge in [-0.1, -0.05) is 0 Å². The van der Waals surface area contributed by atoms with Crippen molar-refractivity contribution in [1.29, 1.82) is 0 Å². The van der Waals surface area contributed by atoms with Crippen molar-refractivity contribution < 1.29 is 13.9 Å². The Hall–Kier alpha value is -0.680. The number of nitrogens with two attached hydrogens (primary N) is 1. The van der Waals surface area contributed by atoms with Gasteiger partial charge in [-0.15, -0.1) is 0 Å². The van der Waals surface area contributed by atoms with Crippen molar-refractivity contribution in [3.8, 4) is 5.75 Å². The van der Waals surface area contributed by atoms with Gasteiger partial charge in [-0.3, -0.25) is 0 Å².